The summed E-state index contributed by atoms with van der Waals surface area (Å²) < 4.78 is 0. The fraction of sp³-hybridized carbons (Fsp3) is 0.214. The van der Waals surface area contributed by atoms with Gasteiger partial charge in [-0.15, -0.1) is 0 Å². The quantitative estimate of drug-likeness (QED) is 0.575. The second kappa shape index (κ2) is 6.94. The van der Waals surface area contributed by atoms with Gasteiger partial charge >= 0.3 is 0 Å². The second-order valence-corrected chi connectivity index (χ2v) is 5.29. The molecule has 0 radical (unpaired) electrons. The van der Waals surface area contributed by atoms with Crippen LogP contribution in [0.5, 0.6) is 0 Å². The molecular formula is C14H17N5OS. The van der Waals surface area contributed by atoms with Crippen LogP contribution in [0.15, 0.2) is 35.5 Å². The van der Waals surface area contributed by atoms with Gasteiger partial charge in [0.05, 0.1) is 5.75 Å². The van der Waals surface area contributed by atoms with E-state index in [9.17, 15) is 4.79 Å². The van der Waals surface area contributed by atoms with Gasteiger partial charge in [-0.2, -0.15) is 0 Å². The first-order chi connectivity index (χ1) is 10.1. The van der Waals surface area contributed by atoms with E-state index >= 15 is 0 Å². The Hall–Kier alpha value is -2.28. The van der Waals surface area contributed by atoms with Gasteiger partial charge in [-0.1, -0.05) is 36.9 Å². The summed E-state index contributed by atoms with van der Waals surface area (Å²) >= 11 is 1.20. The van der Waals surface area contributed by atoms with Gasteiger partial charge in [0.25, 0.3) is 0 Å². The molecule has 2 aromatic rings. The number of aromatic nitrogens is 2. The number of nitrogens with one attached hydrogen (secondary N) is 1. The Morgan fingerprint density at radius 3 is 2.57 bits per heavy atom. The summed E-state index contributed by atoms with van der Waals surface area (Å²) in [5.74, 6) is 0.662. The molecule has 1 heterocycles. The first kappa shape index (κ1) is 15.1. The van der Waals surface area contributed by atoms with Crippen molar-refractivity contribution >= 4 is 35.0 Å². The smallest absolute Gasteiger partial charge is 0.234 e. The number of para-hydroxylation sites is 1. The number of carbonyl (C=O) groups is 1. The van der Waals surface area contributed by atoms with E-state index in [-0.39, 0.29) is 11.7 Å². The molecule has 0 aliphatic heterocycles. The number of amides is 1. The number of aryl methyl sites for hydroxylation is 1. The predicted molar refractivity (Wildman–Crippen MR) is 86.0 cm³/mol. The highest BCUT2D eigenvalue weighted by Crippen LogP contribution is 2.18. The minimum absolute atomic E-state index is 0.120. The van der Waals surface area contributed by atoms with Crippen LogP contribution >= 0.6 is 11.8 Å². The van der Waals surface area contributed by atoms with E-state index < -0.39 is 0 Å². The molecule has 7 heteroatoms. The number of anilines is 3. The monoisotopic (exact) mass is 303 g/mol. The third-order valence-electron chi connectivity index (χ3n) is 2.75. The van der Waals surface area contributed by atoms with Crippen LogP contribution in [0.2, 0.25) is 0 Å². The fourth-order valence-corrected chi connectivity index (χ4v) is 2.47. The lowest BCUT2D eigenvalue weighted by Gasteiger charge is -2.09. The lowest BCUT2D eigenvalue weighted by atomic mass is 10.1. The Balaban J connectivity index is 1.96. The van der Waals surface area contributed by atoms with Crippen LogP contribution in [0, 0.1) is 0 Å². The van der Waals surface area contributed by atoms with Crippen LogP contribution < -0.4 is 16.8 Å². The van der Waals surface area contributed by atoms with Crippen molar-refractivity contribution in [3.63, 3.8) is 0 Å². The molecule has 2 rings (SSSR count). The summed E-state index contributed by atoms with van der Waals surface area (Å²) in [6, 6.07) is 9.19. The van der Waals surface area contributed by atoms with Crippen molar-refractivity contribution in [1.29, 1.82) is 0 Å². The first-order valence-corrected chi connectivity index (χ1v) is 7.47. The lowest BCUT2D eigenvalue weighted by molar-refractivity contribution is -0.113. The van der Waals surface area contributed by atoms with Gasteiger partial charge in [0.2, 0.25) is 5.91 Å². The van der Waals surface area contributed by atoms with Crippen molar-refractivity contribution in [3.8, 4) is 0 Å². The molecule has 0 spiro atoms. The Kier molecular flexibility index (Phi) is 4.99. The highest BCUT2D eigenvalue weighted by atomic mass is 32.2. The van der Waals surface area contributed by atoms with Crippen LogP contribution in [-0.4, -0.2) is 21.6 Å². The van der Waals surface area contributed by atoms with E-state index in [1.807, 2.05) is 31.2 Å². The molecule has 0 bridgehead atoms. The summed E-state index contributed by atoms with van der Waals surface area (Å²) in [6.45, 7) is 2.04. The molecule has 0 aliphatic carbocycles. The van der Waals surface area contributed by atoms with Crippen LogP contribution in [0.3, 0.4) is 0 Å². The van der Waals surface area contributed by atoms with Crippen molar-refractivity contribution in [2.24, 2.45) is 0 Å². The van der Waals surface area contributed by atoms with E-state index in [1.165, 1.54) is 17.8 Å². The number of hydrogen-bond donors (Lipinski definition) is 3. The molecule has 1 amide bonds. The summed E-state index contributed by atoms with van der Waals surface area (Å²) in [5.41, 5.74) is 13.1. The topological polar surface area (TPSA) is 107 Å². The number of nitrogens with two attached hydrogens (primary N) is 2. The van der Waals surface area contributed by atoms with Gasteiger partial charge < -0.3 is 16.8 Å². The SMILES string of the molecule is CCc1ccccc1NC(=O)CSc1nc(N)cc(N)n1. The lowest BCUT2D eigenvalue weighted by Crippen LogP contribution is -2.15. The van der Waals surface area contributed by atoms with E-state index in [1.54, 1.807) is 0 Å². The summed E-state index contributed by atoms with van der Waals surface area (Å²) in [5, 5.41) is 3.28. The van der Waals surface area contributed by atoms with Crippen molar-refractivity contribution in [2.75, 3.05) is 22.5 Å². The predicted octanol–water partition coefficient (Wildman–Crippen LogP) is 1.93. The number of nitrogens with zero attached hydrogens (tertiary/aromatic N) is 2. The molecule has 6 nitrogen and oxygen atoms in total. The van der Waals surface area contributed by atoms with Crippen molar-refractivity contribution in [3.05, 3.63) is 35.9 Å². The average molecular weight is 303 g/mol. The standard InChI is InChI=1S/C14H17N5OS/c1-2-9-5-3-4-6-10(9)17-13(20)8-21-14-18-11(15)7-12(16)19-14/h3-7H,2,8H2,1H3,(H,17,20)(H4,15,16,18,19). The fourth-order valence-electron chi connectivity index (χ4n) is 1.79. The van der Waals surface area contributed by atoms with Crippen molar-refractivity contribution in [2.45, 2.75) is 18.5 Å². The Labute approximate surface area is 127 Å². The molecule has 0 unspecified atom stereocenters. The number of thioether (sulfide) groups is 1. The van der Waals surface area contributed by atoms with E-state index in [0.29, 0.717) is 16.8 Å². The Morgan fingerprint density at radius 1 is 1.24 bits per heavy atom. The minimum atomic E-state index is -0.120. The van der Waals surface area contributed by atoms with Gasteiger partial charge in [-0.25, -0.2) is 9.97 Å². The molecule has 0 saturated carbocycles. The number of carbonyl (C=O) groups excluding carboxylic acids is 1. The molecule has 0 fully saturated rings. The minimum Gasteiger partial charge on any atom is -0.383 e. The molecule has 110 valence electrons. The third-order valence-corrected chi connectivity index (χ3v) is 3.60. The van der Waals surface area contributed by atoms with E-state index in [2.05, 4.69) is 15.3 Å². The van der Waals surface area contributed by atoms with Crippen molar-refractivity contribution < 1.29 is 4.79 Å². The Bertz CT molecular complexity index is 627. The van der Waals surface area contributed by atoms with Crippen LogP contribution in [-0.2, 0) is 11.2 Å². The molecule has 0 saturated heterocycles. The van der Waals surface area contributed by atoms with E-state index in [4.69, 9.17) is 11.5 Å². The van der Waals surface area contributed by atoms with Gasteiger partial charge in [0.15, 0.2) is 5.16 Å². The average Bonchev–Trinajstić information content (AvgIpc) is 2.45. The second-order valence-electron chi connectivity index (χ2n) is 4.35. The van der Waals surface area contributed by atoms with Gasteiger partial charge in [0.1, 0.15) is 11.6 Å². The van der Waals surface area contributed by atoms with Crippen LogP contribution in [0.25, 0.3) is 0 Å². The summed E-state index contributed by atoms with van der Waals surface area (Å²) in [4.78, 5) is 20.0. The molecular weight excluding hydrogens is 286 g/mol. The third kappa shape index (κ3) is 4.35. The van der Waals surface area contributed by atoms with E-state index in [0.717, 1.165) is 17.7 Å². The number of hydrogen-bond acceptors (Lipinski definition) is 6. The first-order valence-electron chi connectivity index (χ1n) is 6.49. The largest absolute Gasteiger partial charge is 0.383 e. The molecule has 21 heavy (non-hydrogen) atoms. The summed E-state index contributed by atoms with van der Waals surface area (Å²) in [7, 11) is 0. The van der Waals surface area contributed by atoms with Crippen LogP contribution in [0.4, 0.5) is 17.3 Å². The highest BCUT2D eigenvalue weighted by molar-refractivity contribution is 7.99. The molecule has 1 aromatic carbocycles. The molecule has 5 N–H and O–H groups in total. The molecule has 0 atom stereocenters. The number of benzene rings is 1. The number of rotatable bonds is 5. The van der Waals surface area contributed by atoms with Crippen LogP contribution in [0.1, 0.15) is 12.5 Å². The molecule has 0 aliphatic rings. The highest BCUT2D eigenvalue weighted by Gasteiger charge is 2.08. The normalized spacial score (nSPS) is 10.3. The maximum atomic E-state index is 12.0. The maximum absolute atomic E-state index is 12.0. The number of nitrogen functional groups attached to an aromatic ring is 2. The van der Waals surface area contributed by atoms with Gasteiger partial charge in [-0.05, 0) is 18.1 Å². The van der Waals surface area contributed by atoms with Crippen molar-refractivity contribution in [1.82, 2.24) is 9.97 Å². The molecule has 1 aromatic heterocycles. The summed E-state index contributed by atoms with van der Waals surface area (Å²) in [6.07, 6.45) is 0.860. The van der Waals surface area contributed by atoms with Gasteiger partial charge in [-0.3, -0.25) is 4.79 Å². The van der Waals surface area contributed by atoms with Gasteiger partial charge in [0, 0.05) is 11.8 Å². The zero-order chi connectivity index (χ0) is 15.2. The zero-order valence-electron chi connectivity index (χ0n) is 11.7. The zero-order valence-corrected chi connectivity index (χ0v) is 12.5. The maximum Gasteiger partial charge on any atom is 0.234 e. The Morgan fingerprint density at radius 2 is 1.90 bits per heavy atom.